The first kappa shape index (κ1) is 12.6. The topological polar surface area (TPSA) is 20.2 Å². The minimum atomic E-state index is -0.508. The lowest BCUT2D eigenvalue weighted by Gasteiger charge is -2.12. The van der Waals surface area contributed by atoms with Crippen molar-refractivity contribution < 1.29 is 5.11 Å². The van der Waals surface area contributed by atoms with Gasteiger partial charge in [0.1, 0.15) is 0 Å². The van der Waals surface area contributed by atoms with E-state index in [0.29, 0.717) is 11.4 Å². The normalized spacial score (nSPS) is 12.4. The molecule has 2 rings (SSSR count). The van der Waals surface area contributed by atoms with Crippen LogP contribution in [0.5, 0.6) is 0 Å². The molecule has 17 heavy (non-hydrogen) atoms. The lowest BCUT2D eigenvalue weighted by Crippen LogP contribution is -2.02. The Hall–Kier alpha value is -0.830. The predicted molar refractivity (Wildman–Crippen MR) is 74.3 cm³/mol. The van der Waals surface area contributed by atoms with Gasteiger partial charge in [-0.2, -0.15) is 0 Å². The zero-order chi connectivity index (χ0) is 12.3. The molecule has 0 aliphatic heterocycles. The quantitative estimate of drug-likeness (QED) is 0.892. The molecule has 0 saturated carbocycles. The smallest absolute Gasteiger partial charge is 0.0841 e. The molecule has 0 aromatic heterocycles. The summed E-state index contributed by atoms with van der Waals surface area (Å²) in [5.41, 5.74) is 1.97. The van der Waals surface area contributed by atoms with Crippen LogP contribution in [0, 0.1) is 0 Å². The fourth-order valence-electron chi connectivity index (χ4n) is 1.70. The maximum atomic E-state index is 10.2. The summed E-state index contributed by atoms with van der Waals surface area (Å²) in [7, 11) is 0. The molecular formula is C14H12BrClO. The van der Waals surface area contributed by atoms with Gasteiger partial charge in [0.25, 0.3) is 0 Å². The molecule has 0 amide bonds. The fraction of sp³-hybridized carbons (Fsp3) is 0.143. The van der Waals surface area contributed by atoms with E-state index < -0.39 is 6.10 Å². The number of rotatable bonds is 3. The van der Waals surface area contributed by atoms with Gasteiger partial charge in [0.15, 0.2) is 0 Å². The summed E-state index contributed by atoms with van der Waals surface area (Å²) in [5, 5.41) is 10.9. The molecule has 2 aromatic rings. The Balaban J connectivity index is 2.14. The summed E-state index contributed by atoms with van der Waals surface area (Å²) >= 11 is 9.26. The molecule has 1 atom stereocenters. The molecule has 3 heteroatoms. The van der Waals surface area contributed by atoms with E-state index in [1.54, 1.807) is 0 Å². The molecule has 0 aliphatic carbocycles. The highest BCUT2D eigenvalue weighted by atomic mass is 79.9. The summed E-state index contributed by atoms with van der Waals surface area (Å²) in [6.07, 6.45) is 0.0755. The lowest BCUT2D eigenvalue weighted by atomic mass is 10.0. The highest BCUT2D eigenvalue weighted by Crippen LogP contribution is 2.26. The van der Waals surface area contributed by atoms with Crippen LogP contribution in [0.2, 0.25) is 5.02 Å². The second-order valence-corrected chi connectivity index (χ2v) is 5.16. The second-order valence-electron chi connectivity index (χ2n) is 3.87. The van der Waals surface area contributed by atoms with Crippen molar-refractivity contribution in [3.63, 3.8) is 0 Å². The number of hydrogen-bond acceptors (Lipinski definition) is 1. The van der Waals surface area contributed by atoms with E-state index in [-0.39, 0.29) is 0 Å². The molecule has 0 heterocycles. The van der Waals surface area contributed by atoms with Gasteiger partial charge >= 0.3 is 0 Å². The van der Waals surface area contributed by atoms with Gasteiger partial charge in [0.2, 0.25) is 0 Å². The average Bonchev–Trinajstić information content (AvgIpc) is 2.32. The second kappa shape index (κ2) is 5.67. The Kier molecular flexibility index (Phi) is 4.21. The van der Waals surface area contributed by atoms with Crippen LogP contribution >= 0.6 is 27.5 Å². The Morgan fingerprint density at radius 3 is 2.35 bits per heavy atom. The summed E-state index contributed by atoms with van der Waals surface area (Å²) in [6, 6.07) is 15.2. The highest BCUT2D eigenvalue weighted by molar-refractivity contribution is 9.10. The van der Waals surface area contributed by atoms with Gasteiger partial charge in [-0.1, -0.05) is 57.9 Å². The van der Waals surface area contributed by atoms with Crippen LogP contribution in [0.4, 0.5) is 0 Å². The van der Waals surface area contributed by atoms with Gasteiger partial charge in [-0.25, -0.2) is 0 Å². The van der Waals surface area contributed by atoms with Gasteiger partial charge < -0.3 is 5.11 Å². The predicted octanol–water partition coefficient (Wildman–Crippen LogP) is 4.38. The zero-order valence-corrected chi connectivity index (χ0v) is 11.4. The van der Waals surface area contributed by atoms with Crippen LogP contribution in [0.25, 0.3) is 0 Å². The minimum Gasteiger partial charge on any atom is -0.388 e. The van der Waals surface area contributed by atoms with Gasteiger partial charge in [-0.05, 0) is 29.3 Å². The first-order valence-corrected chi connectivity index (χ1v) is 6.51. The molecular weight excluding hydrogens is 300 g/mol. The van der Waals surface area contributed by atoms with Crippen molar-refractivity contribution >= 4 is 27.5 Å². The fourth-order valence-corrected chi connectivity index (χ4v) is 2.37. The largest absolute Gasteiger partial charge is 0.388 e. The molecule has 0 aliphatic rings. The van der Waals surface area contributed by atoms with Crippen LogP contribution in [-0.4, -0.2) is 5.11 Å². The Labute approximate surface area is 114 Å². The van der Waals surface area contributed by atoms with E-state index in [1.165, 1.54) is 0 Å². The molecule has 0 saturated heterocycles. The number of halogens is 2. The van der Waals surface area contributed by atoms with Crippen LogP contribution in [0.3, 0.4) is 0 Å². The molecule has 0 radical (unpaired) electrons. The summed E-state index contributed by atoms with van der Waals surface area (Å²) in [6.45, 7) is 0. The SMILES string of the molecule is OC(Cc1ccc(Cl)cc1)c1ccccc1Br. The van der Waals surface area contributed by atoms with Crippen molar-refractivity contribution in [1.29, 1.82) is 0 Å². The summed E-state index contributed by atoms with van der Waals surface area (Å²) in [4.78, 5) is 0. The maximum absolute atomic E-state index is 10.2. The van der Waals surface area contributed by atoms with E-state index in [9.17, 15) is 5.11 Å². The van der Waals surface area contributed by atoms with E-state index in [1.807, 2.05) is 48.5 Å². The first-order chi connectivity index (χ1) is 8.16. The third kappa shape index (κ3) is 3.32. The first-order valence-electron chi connectivity index (χ1n) is 5.34. The molecule has 0 fully saturated rings. The number of aliphatic hydroxyl groups excluding tert-OH is 1. The Morgan fingerprint density at radius 1 is 1.06 bits per heavy atom. The molecule has 1 unspecified atom stereocenters. The molecule has 0 spiro atoms. The summed E-state index contributed by atoms with van der Waals surface area (Å²) in [5.74, 6) is 0. The van der Waals surface area contributed by atoms with Crippen molar-refractivity contribution in [3.8, 4) is 0 Å². The van der Waals surface area contributed by atoms with Crippen LogP contribution in [0.15, 0.2) is 53.0 Å². The van der Waals surface area contributed by atoms with E-state index in [0.717, 1.165) is 15.6 Å². The average molecular weight is 312 g/mol. The van der Waals surface area contributed by atoms with Crippen LogP contribution < -0.4 is 0 Å². The molecule has 1 N–H and O–H groups in total. The molecule has 0 bridgehead atoms. The van der Waals surface area contributed by atoms with Gasteiger partial charge in [0.05, 0.1) is 6.10 Å². The number of hydrogen-bond donors (Lipinski definition) is 1. The number of aliphatic hydroxyl groups is 1. The van der Waals surface area contributed by atoms with Gasteiger partial charge in [0, 0.05) is 15.9 Å². The van der Waals surface area contributed by atoms with Crippen molar-refractivity contribution in [2.45, 2.75) is 12.5 Å². The van der Waals surface area contributed by atoms with Crippen molar-refractivity contribution in [3.05, 3.63) is 69.2 Å². The van der Waals surface area contributed by atoms with Crippen molar-refractivity contribution in [2.24, 2.45) is 0 Å². The third-order valence-corrected chi connectivity index (χ3v) is 3.58. The van der Waals surface area contributed by atoms with Crippen molar-refractivity contribution in [1.82, 2.24) is 0 Å². The van der Waals surface area contributed by atoms with Crippen molar-refractivity contribution in [2.75, 3.05) is 0 Å². The maximum Gasteiger partial charge on any atom is 0.0841 e. The van der Waals surface area contributed by atoms with Gasteiger partial charge in [-0.3, -0.25) is 0 Å². The Morgan fingerprint density at radius 2 is 1.71 bits per heavy atom. The monoisotopic (exact) mass is 310 g/mol. The molecule has 88 valence electrons. The standard InChI is InChI=1S/C14H12BrClO/c15-13-4-2-1-3-12(13)14(17)9-10-5-7-11(16)8-6-10/h1-8,14,17H,9H2. The van der Waals surface area contributed by atoms with Crippen LogP contribution in [-0.2, 0) is 6.42 Å². The van der Waals surface area contributed by atoms with Crippen LogP contribution in [0.1, 0.15) is 17.2 Å². The van der Waals surface area contributed by atoms with E-state index in [2.05, 4.69) is 15.9 Å². The molecule has 2 aromatic carbocycles. The lowest BCUT2D eigenvalue weighted by molar-refractivity contribution is 0.177. The van der Waals surface area contributed by atoms with Gasteiger partial charge in [-0.15, -0.1) is 0 Å². The summed E-state index contributed by atoms with van der Waals surface area (Å²) < 4.78 is 0.932. The minimum absolute atomic E-state index is 0.508. The third-order valence-electron chi connectivity index (χ3n) is 2.61. The zero-order valence-electron chi connectivity index (χ0n) is 9.11. The molecule has 1 nitrogen and oxygen atoms in total. The van der Waals surface area contributed by atoms with E-state index >= 15 is 0 Å². The highest BCUT2D eigenvalue weighted by Gasteiger charge is 2.11. The number of benzene rings is 2. The van der Waals surface area contributed by atoms with E-state index in [4.69, 9.17) is 11.6 Å². The Bertz CT molecular complexity index is 496.